The van der Waals surface area contributed by atoms with Gasteiger partial charge in [-0.2, -0.15) is 4.31 Å². The average molecular weight is 465 g/mol. The van der Waals surface area contributed by atoms with Gasteiger partial charge in [0.2, 0.25) is 21.8 Å². The fourth-order valence-corrected chi connectivity index (χ4v) is 5.56. The van der Waals surface area contributed by atoms with E-state index in [0.717, 1.165) is 6.42 Å². The summed E-state index contributed by atoms with van der Waals surface area (Å²) in [5.41, 5.74) is 0. The summed E-state index contributed by atoms with van der Waals surface area (Å²) in [7, 11) is -3.56. The zero-order valence-electron chi connectivity index (χ0n) is 17.7. The van der Waals surface area contributed by atoms with Crippen molar-refractivity contribution < 1.29 is 18.0 Å². The van der Waals surface area contributed by atoms with Gasteiger partial charge in [-0.25, -0.2) is 13.4 Å². The van der Waals surface area contributed by atoms with Crippen LogP contribution in [0.4, 0.5) is 5.13 Å². The maximum Gasteiger partial charge on any atom is 0.249 e. The van der Waals surface area contributed by atoms with Crippen LogP contribution in [0.3, 0.4) is 0 Å². The van der Waals surface area contributed by atoms with Crippen molar-refractivity contribution in [3.05, 3.63) is 41.9 Å². The Labute approximate surface area is 187 Å². The van der Waals surface area contributed by atoms with Gasteiger partial charge >= 0.3 is 0 Å². The lowest BCUT2D eigenvalue weighted by molar-refractivity contribution is -0.131. The molecule has 3 rings (SSSR count). The molecule has 0 spiro atoms. The van der Waals surface area contributed by atoms with Crippen LogP contribution >= 0.6 is 11.3 Å². The predicted molar refractivity (Wildman–Crippen MR) is 120 cm³/mol. The van der Waals surface area contributed by atoms with E-state index in [4.69, 9.17) is 0 Å². The highest BCUT2D eigenvalue weighted by molar-refractivity contribution is 7.89. The quantitative estimate of drug-likeness (QED) is 0.624. The van der Waals surface area contributed by atoms with Crippen molar-refractivity contribution in [3.63, 3.8) is 0 Å². The zero-order valence-corrected chi connectivity index (χ0v) is 19.3. The van der Waals surface area contributed by atoms with Crippen molar-refractivity contribution in [3.8, 4) is 0 Å². The van der Waals surface area contributed by atoms with E-state index in [1.54, 1.807) is 41.9 Å². The molecule has 2 N–H and O–H groups in total. The molecule has 10 heteroatoms. The van der Waals surface area contributed by atoms with E-state index in [2.05, 4.69) is 15.6 Å². The monoisotopic (exact) mass is 464 g/mol. The molecule has 1 unspecified atom stereocenters. The van der Waals surface area contributed by atoms with Crippen LogP contribution in [0.2, 0.25) is 0 Å². The Morgan fingerprint density at radius 2 is 1.90 bits per heavy atom. The highest BCUT2D eigenvalue weighted by Gasteiger charge is 2.34. The number of rotatable bonds is 8. The second kappa shape index (κ2) is 10.3. The van der Waals surface area contributed by atoms with Gasteiger partial charge in [0, 0.05) is 30.6 Å². The molecular weight excluding hydrogens is 436 g/mol. The Balaban J connectivity index is 1.60. The van der Waals surface area contributed by atoms with Crippen LogP contribution in [0.25, 0.3) is 0 Å². The molecule has 1 saturated heterocycles. The minimum Gasteiger partial charge on any atom is -0.344 e. The van der Waals surface area contributed by atoms with Gasteiger partial charge in [-0.1, -0.05) is 38.5 Å². The fourth-order valence-electron chi connectivity index (χ4n) is 3.54. The Morgan fingerprint density at radius 3 is 2.48 bits per heavy atom. The molecule has 2 heterocycles. The number of piperidine rings is 1. The lowest BCUT2D eigenvalue weighted by Crippen LogP contribution is -2.51. The van der Waals surface area contributed by atoms with Gasteiger partial charge in [0.25, 0.3) is 0 Å². The van der Waals surface area contributed by atoms with Gasteiger partial charge in [-0.3, -0.25) is 9.59 Å². The van der Waals surface area contributed by atoms with E-state index in [-0.39, 0.29) is 41.6 Å². The van der Waals surface area contributed by atoms with E-state index < -0.39 is 16.1 Å². The summed E-state index contributed by atoms with van der Waals surface area (Å²) < 4.78 is 27.0. The smallest absolute Gasteiger partial charge is 0.249 e. The first kappa shape index (κ1) is 23.4. The van der Waals surface area contributed by atoms with Gasteiger partial charge in [-0.15, -0.1) is 11.3 Å². The number of nitrogens with zero attached hydrogens (tertiary/aromatic N) is 2. The van der Waals surface area contributed by atoms with E-state index >= 15 is 0 Å². The molecule has 31 heavy (non-hydrogen) atoms. The van der Waals surface area contributed by atoms with Gasteiger partial charge in [-0.05, 0) is 30.9 Å². The molecule has 168 valence electrons. The summed E-state index contributed by atoms with van der Waals surface area (Å²) in [6.07, 6.45) is 3.16. The van der Waals surface area contributed by atoms with Crippen molar-refractivity contribution in [2.75, 3.05) is 18.4 Å². The fraction of sp³-hybridized carbons (Fsp3) is 0.476. The number of sulfonamides is 1. The number of anilines is 1. The number of aromatic nitrogens is 1. The summed E-state index contributed by atoms with van der Waals surface area (Å²) in [6.45, 7) is 4.43. The Kier molecular flexibility index (Phi) is 7.79. The van der Waals surface area contributed by atoms with Crippen molar-refractivity contribution in [2.45, 2.75) is 44.0 Å². The summed E-state index contributed by atoms with van der Waals surface area (Å²) in [5, 5.41) is 7.91. The average Bonchev–Trinajstić information content (AvgIpc) is 3.30. The lowest BCUT2D eigenvalue weighted by atomic mass is 9.94. The summed E-state index contributed by atoms with van der Waals surface area (Å²) in [5.74, 6) is -0.887. The molecule has 8 nitrogen and oxygen atoms in total. The highest BCUT2D eigenvalue weighted by atomic mass is 32.2. The molecule has 2 amide bonds. The number of carbonyl (C=O) groups excluding carboxylic acids is 2. The lowest BCUT2D eigenvalue weighted by Gasteiger charge is -2.32. The predicted octanol–water partition coefficient (Wildman–Crippen LogP) is 2.71. The topological polar surface area (TPSA) is 108 Å². The van der Waals surface area contributed by atoms with Crippen molar-refractivity contribution in [1.29, 1.82) is 0 Å². The number of benzene rings is 1. The molecule has 0 bridgehead atoms. The maximum atomic E-state index is 12.9. The number of thiazole rings is 1. The van der Waals surface area contributed by atoms with Gasteiger partial charge in [0.1, 0.15) is 6.04 Å². The van der Waals surface area contributed by atoms with Crippen LogP contribution in [0.15, 0.2) is 46.8 Å². The van der Waals surface area contributed by atoms with E-state index in [1.165, 1.54) is 15.6 Å². The third kappa shape index (κ3) is 5.69. The van der Waals surface area contributed by atoms with Gasteiger partial charge in [0.15, 0.2) is 5.13 Å². The third-order valence-electron chi connectivity index (χ3n) is 5.66. The number of carbonyl (C=O) groups is 2. The molecule has 1 aliphatic heterocycles. The molecule has 0 aliphatic carbocycles. The Morgan fingerprint density at radius 1 is 1.23 bits per heavy atom. The van der Waals surface area contributed by atoms with Crippen LogP contribution in [0.5, 0.6) is 0 Å². The van der Waals surface area contributed by atoms with E-state index in [9.17, 15) is 18.0 Å². The van der Waals surface area contributed by atoms with Crippen LogP contribution in [0.1, 0.15) is 33.1 Å². The van der Waals surface area contributed by atoms with Gasteiger partial charge < -0.3 is 10.6 Å². The van der Waals surface area contributed by atoms with Crippen LogP contribution in [0, 0.1) is 11.8 Å². The molecule has 1 aromatic heterocycles. The van der Waals surface area contributed by atoms with Crippen LogP contribution in [-0.2, 0) is 19.6 Å². The molecule has 0 radical (unpaired) electrons. The van der Waals surface area contributed by atoms with Crippen molar-refractivity contribution in [2.24, 2.45) is 11.8 Å². The largest absolute Gasteiger partial charge is 0.344 e. The first-order valence-corrected chi connectivity index (χ1v) is 12.7. The summed E-state index contributed by atoms with van der Waals surface area (Å²) in [6, 6.07) is 7.64. The summed E-state index contributed by atoms with van der Waals surface area (Å²) >= 11 is 1.32. The summed E-state index contributed by atoms with van der Waals surface area (Å²) in [4.78, 5) is 29.9. The number of amides is 2. The van der Waals surface area contributed by atoms with Crippen molar-refractivity contribution >= 4 is 38.3 Å². The normalized spacial score (nSPS) is 17.6. The third-order valence-corrected chi connectivity index (χ3v) is 8.26. The van der Waals surface area contributed by atoms with Crippen LogP contribution < -0.4 is 10.6 Å². The van der Waals surface area contributed by atoms with Crippen LogP contribution in [-0.4, -0.2) is 48.7 Å². The maximum absolute atomic E-state index is 12.9. The molecule has 2 aromatic rings. The Hall–Kier alpha value is -2.30. The molecule has 1 aliphatic rings. The Bertz CT molecular complexity index is 972. The second-order valence-electron chi connectivity index (χ2n) is 7.69. The van der Waals surface area contributed by atoms with Crippen molar-refractivity contribution in [1.82, 2.24) is 14.6 Å². The molecule has 1 aromatic carbocycles. The number of hydrogen-bond donors (Lipinski definition) is 2. The standard InChI is InChI=1S/C21H28N4O4S2/c1-3-15(2)18(20(27)24-21-22-11-14-30-21)23-19(26)16-9-12-25(13-10-16)31(28,29)17-7-5-4-6-8-17/h4-8,11,14-16,18H,3,9-10,12-13H2,1-2H3,(H,23,26)(H,22,24,27)/t15?,18-/m1/s1. The highest BCUT2D eigenvalue weighted by Crippen LogP contribution is 2.24. The number of nitrogens with one attached hydrogen (secondary N) is 2. The molecule has 2 atom stereocenters. The minimum absolute atomic E-state index is 0.0533. The van der Waals surface area contributed by atoms with E-state index in [1.807, 2.05) is 13.8 Å². The first-order valence-electron chi connectivity index (χ1n) is 10.4. The SMILES string of the molecule is CCC(C)[C@@H](NC(=O)C1CCN(S(=O)(=O)c2ccccc2)CC1)C(=O)Nc1nccs1. The van der Waals surface area contributed by atoms with E-state index in [0.29, 0.717) is 18.0 Å². The molecule has 1 fully saturated rings. The first-order chi connectivity index (χ1) is 14.8. The zero-order chi connectivity index (χ0) is 22.4. The molecule has 0 saturated carbocycles. The van der Waals surface area contributed by atoms with Gasteiger partial charge in [0.05, 0.1) is 4.90 Å². The molecular formula is C21H28N4O4S2. The minimum atomic E-state index is -3.56. The second-order valence-corrected chi connectivity index (χ2v) is 10.5. The number of hydrogen-bond acceptors (Lipinski definition) is 6.